The maximum Gasteiger partial charge on any atom is 0.367 e. The Morgan fingerprint density at radius 3 is 2.36 bits per heavy atom. The third kappa shape index (κ3) is 3.86. The number of halogens is 1. The molecule has 132 valence electrons. The number of fused-ring (bicyclic) bond motifs is 1. The first-order valence-corrected chi connectivity index (χ1v) is 8.20. The predicted molar refractivity (Wildman–Crippen MR) is 94.8 cm³/mol. The molecule has 0 aliphatic carbocycles. The number of benzene rings is 2. The second-order valence-corrected chi connectivity index (χ2v) is 6.52. The van der Waals surface area contributed by atoms with Gasteiger partial charge in [0.15, 0.2) is 0 Å². The van der Waals surface area contributed by atoms with Crippen LogP contribution in [0, 0.1) is 0 Å². The summed E-state index contributed by atoms with van der Waals surface area (Å²) in [6.45, 7) is 5.08. The van der Waals surface area contributed by atoms with Gasteiger partial charge in [-0.25, -0.2) is 4.79 Å². The van der Waals surface area contributed by atoms with Crippen molar-refractivity contribution in [1.29, 1.82) is 0 Å². The summed E-state index contributed by atoms with van der Waals surface area (Å²) < 4.78 is 2.11. The molecule has 0 radical (unpaired) electrons. The van der Waals surface area contributed by atoms with Crippen LogP contribution < -0.4 is 18.1 Å². The Bertz CT molecular complexity index is 869. The van der Waals surface area contributed by atoms with Crippen molar-refractivity contribution in [2.24, 2.45) is 0 Å². The Morgan fingerprint density at radius 2 is 1.76 bits per heavy atom. The van der Waals surface area contributed by atoms with E-state index in [2.05, 4.69) is 48.4 Å². The van der Waals surface area contributed by atoms with E-state index in [4.69, 9.17) is 0 Å². The van der Waals surface area contributed by atoms with Crippen LogP contribution in [0.3, 0.4) is 0 Å². The van der Waals surface area contributed by atoms with E-state index in [9.17, 15) is 9.90 Å². The molecule has 0 fully saturated rings. The molecule has 2 aromatic carbocycles. The first-order chi connectivity index (χ1) is 11.5. The summed E-state index contributed by atoms with van der Waals surface area (Å²) in [5.41, 5.74) is 8.11. The highest BCUT2D eigenvalue weighted by atomic mass is 35.5. The number of hydrogen-bond acceptors (Lipinski definition) is 1. The molecule has 0 spiro atoms. The highest BCUT2D eigenvalue weighted by Gasteiger charge is 2.23. The summed E-state index contributed by atoms with van der Waals surface area (Å²) in [5, 5.41) is 10.3. The van der Waals surface area contributed by atoms with Gasteiger partial charge in [-0.15, -0.1) is 0 Å². The van der Waals surface area contributed by atoms with Gasteiger partial charge in [0.05, 0.1) is 0 Å². The molecule has 0 aliphatic rings. The van der Waals surface area contributed by atoms with Gasteiger partial charge >= 0.3 is 5.97 Å². The van der Waals surface area contributed by atoms with Gasteiger partial charge in [-0.05, 0) is 23.1 Å². The van der Waals surface area contributed by atoms with E-state index >= 15 is 0 Å². The van der Waals surface area contributed by atoms with E-state index in [1.807, 2.05) is 30.5 Å². The number of aliphatic carboxylic acids is 1. The van der Waals surface area contributed by atoms with Gasteiger partial charge in [0.1, 0.15) is 0 Å². The summed E-state index contributed by atoms with van der Waals surface area (Å²) in [6, 6.07) is 15.7. The minimum Gasteiger partial charge on any atom is -1.00 e. The number of hydrogen-bond donors (Lipinski definition) is 2. The number of rotatable bonds is 5. The van der Waals surface area contributed by atoms with Crippen molar-refractivity contribution in [3.05, 3.63) is 71.4 Å². The molecule has 1 aromatic heterocycles. The van der Waals surface area contributed by atoms with Gasteiger partial charge in [0, 0.05) is 29.2 Å². The molecule has 0 saturated heterocycles. The highest BCUT2D eigenvalue weighted by molar-refractivity contribution is 5.88. The molecular weight excluding hydrogens is 336 g/mol. The predicted octanol–water partition coefficient (Wildman–Crippen LogP) is 0.185. The van der Waals surface area contributed by atoms with Gasteiger partial charge in [-0.3, -0.25) is 0 Å². The van der Waals surface area contributed by atoms with Gasteiger partial charge in [0.25, 0.3) is 0 Å². The molecule has 4 nitrogen and oxygen atoms in total. The number of carboxylic acids is 1. The van der Waals surface area contributed by atoms with Crippen LogP contribution in [0.2, 0.25) is 0 Å². The van der Waals surface area contributed by atoms with E-state index in [-0.39, 0.29) is 12.4 Å². The molecule has 3 aromatic rings. The van der Waals surface area contributed by atoms with Gasteiger partial charge in [-0.1, -0.05) is 56.3 Å². The Hall–Kier alpha value is -2.30. The lowest BCUT2D eigenvalue weighted by Crippen LogP contribution is -3.00. The zero-order valence-corrected chi connectivity index (χ0v) is 15.2. The molecule has 5 heteroatoms. The van der Waals surface area contributed by atoms with Crippen LogP contribution in [0.5, 0.6) is 0 Å². The number of para-hydroxylation sites is 1. The molecule has 0 saturated carbocycles. The Labute approximate surface area is 153 Å². The third-order valence-electron chi connectivity index (χ3n) is 4.49. The van der Waals surface area contributed by atoms with Crippen LogP contribution in [-0.2, 0) is 11.3 Å². The topological polar surface area (TPSA) is 69.9 Å². The fourth-order valence-corrected chi connectivity index (χ4v) is 3.02. The van der Waals surface area contributed by atoms with E-state index in [1.165, 1.54) is 11.1 Å². The number of carbonyl (C=O) groups is 1. The number of carboxylic acid groups (broad SMARTS) is 1. The van der Waals surface area contributed by atoms with Gasteiger partial charge in [-0.2, -0.15) is 0 Å². The summed E-state index contributed by atoms with van der Waals surface area (Å²) in [6.07, 6.45) is 1.92. The molecular formula is C20H23ClN2O2. The third-order valence-corrected chi connectivity index (χ3v) is 4.49. The van der Waals surface area contributed by atoms with E-state index in [0.717, 1.165) is 16.5 Å². The SMILES string of the molecule is CC(C)c1ccc(Cn2cc(C([NH3+])C(=O)O)c3ccccc32)cc1.[Cl-]. The van der Waals surface area contributed by atoms with Crippen molar-refractivity contribution >= 4 is 16.9 Å². The standard InChI is InChI=1S/C20H22N2O2.ClH/c1-13(2)15-9-7-14(8-10-15)11-22-12-17(19(21)20(23)24)16-5-3-4-6-18(16)22;/h3-10,12-13,19H,11,21H2,1-2H3,(H,23,24);1H. The minimum absolute atomic E-state index is 0. The quantitative estimate of drug-likeness (QED) is 0.683. The normalized spacial score (nSPS) is 12.2. The van der Waals surface area contributed by atoms with E-state index in [0.29, 0.717) is 12.5 Å². The van der Waals surface area contributed by atoms with Crippen molar-refractivity contribution in [3.8, 4) is 0 Å². The van der Waals surface area contributed by atoms with Crippen LogP contribution in [-0.4, -0.2) is 15.6 Å². The van der Waals surface area contributed by atoms with Crippen LogP contribution in [0.1, 0.15) is 42.5 Å². The summed E-state index contributed by atoms with van der Waals surface area (Å²) in [5.74, 6) is -0.389. The first-order valence-electron chi connectivity index (χ1n) is 8.20. The molecule has 25 heavy (non-hydrogen) atoms. The van der Waals surface area contributed by atoms with Crippen molar-refractivity contribution in [2.75, 3.05) is 0 Å². The van der Waals surface area contributed by atoms with Crippen molar-refractivity contribution in [2.45, 2.75) is 32.4 Å². The van der Waals surface area contributed by atoms with Crippen molar-refractivity contribution < 1.29 is 28.0 Å². The fourth-order valence-electron chi connectivity index (χ4n) is 3.02. The average Bonchev–Trinajstić information content (AvgIpc) is 2.93. The highest BCUT2D eigenvalue weighted by Crippen LogP contribution is 2.26. The minimum atomic E-state index is -0.904. The molecule has 0 amide bonds. The fraction of sp³-hybridized carbons (Fsp3) is 0.250. The summed E-state index contributed by atoms with van der Waals surface area (Å²) >= 11 is 0. The van der Waals surface area contributed by atoms with Crippen molar-refractivity contribution in [3.63, 3.8) is 0 Å². The van der Waals surface area contributed by atoms with Crippen LogP contribution in [0.15, 0.2) is 54.7 Å². The monoisotopic (exact) mass is 358 g/mol. The second kappa shape index (κ2) is 7.72. The second-order valence-electron chi connectivity index (χ2n) is 6.52. The Balaban J connectivity index is 0.00000225. The number of aromatic nitrogens is 1. The molecule has 4 N–H and O–H groups in total. The molecule has 3 rings (SSSR count). The molecule has 0 aliphatic heterocycles. The van der Waals surface area contributed by atoms with Crippen LogP contribution >= 0.6 is 0 Å². The zero-order valence-electron chi connectivity index (χ0n) is 14.4. The average molecular weight is 359 g/mol. The molecule has 1 unspecified atom stereocenters. The van der Waals surface area contributed by atoms with Gasteiger partial charge in [0.2, 0.25) is 6.04 Å². The molecule has 1 atom stereocenters. The lowest BCUT2D eigenvalue weighted by Gasteiger charge is -2.09. The Kier molecular flexibility index (Phi) is 5.88. The van der Waals surface area contributed by atoms with Gasteiger partial charge < -0.3 is 27.8 Å². The smallest absolute Gasteiger partial charge is 0.367 e. The Morgan fingerprint density at radius 1 is 1.12 bits per heavy atom. The number of nitrogens with zero attached hydrogens (tertiary/aromatic N) is 1. The zero-order chi connectivity index (χ0) is 17.3. The largest absolute Gasteiger partial charge is 1.00 e. The first kappa shape index (κ1) is 19.0. The maximum atomic E-state index is 11.3. The van der Waals surface area contributed by atoms with Crippen LogP contribution in [0.25, 0.3) is 10.9 Å². The lowest BCUT2D eigenvalue weighted by molar-refractivity contribution is -0.413. The van der Waals surface area contributed by atoms with E-state index in [1.54, 1.807) is 0 Å². The summed E-state index contributed by atoms with van der Waals surface area (Å²) in [7, 11) is 0. The summed E-state index contributed by atoms with van der Waals surface area (Å²) in [4.78, 5) is 11.3. The lowest BCUT2D eigenvalue weighted by atomic mass is 10.0. The molecule has 0 bridgehead atoms. The maximum absolute atomic E-state index is 11.3. The van der Waals surface area contributed by atoms with Crippen molar-refractivity contribution in [1.82, 2.24) is 4.57 Å². The molecule has 1 heterocycles. The van der Waals surface area contributed by atoms with Crippen LogP contribution in [0.4, 0.5) is 0 Å². The number of quaternary nitrogens is 1. The van der Waals surface area contributed by atoms with E-state index < -0.39 is 12.0 Å².